The molecular weight excluding hydrogens is 1060 g/mol. The second kappa shape index (κ2) is 21.8. The molecule has 0 bridgehead atoms. The minimum Gasteiger partial charge on any atom is -0.457 e. The summed E-state index contributed by atoms with van der Waals surface area (Å²) in [6.07, 6.45) is 1.96. The average molecular weight is 1150 g/mol. The molecule has 5 nitrogen and oxygen atoms in total. The summed E-state index contributed by atoms with van der Waals surface area (Å²) in [7, 11) is 0. The van der Waals surface area contributed by atoms with Crippen molar-refractivity contribution in [1.82, 2.24) is 4.98 Å². The van der Waals surface area contributed by atoms with Crippen molar-refractivity contribution < 1.29 is 4.74 Å². The topological polar surface area (TPSA) is 31.8 Å². The minimum atomic E-state index is -0.152. The molecule has 446 valence electrons. The van der Waals surface area contributed by atoms with Crippen molar-refractivity contribution in [2.45, 2.75) is 178 Å². The maximum Gasteiger partial charge on any atom is 0.247 e. The van der Waals surface area contributed by atoms with Gasteiger partial charge in [-0.15, -0.1) is 0 Å². The first kappa shape index (κ1) is 60.8. The molecule has 0 radical (unpaired) electrons. The normalized spacial score (nSPS) is 13.9. The van der Waals surface area contributed by atoms with Crippen molar-refractivity contribution in [3.8, 4) is 33.8 Å². The molecule has 0 atom stereocenters. The third-order valence-electron chi connectivity index (χ3n) is 18.2. The van der Waals surface area contributed by atoms with Gasteiger partial charge in [-0.3, -0.25) is 4.90 Å². The highest BCUT2D eigenvalue weighted by Crippen LogP contribution is 2.55. The number of aryl methyl sites for hydroxylation is 3. The predicted molar refractivity (Wildman–Crippen MR) is 376 cm³/mol. The average Bonchev–Trinajstić information content (AvgIpc) is 1.59. The van der Waals surface area contributed by atoms with Gasteiger partial charge in [0.25, 0.3) is 0 Å². The fourth-order valence-electron chi connectivity index (χ4n) is 13.5. The molecule has 3 heterocycles. The van der Waals surface area contributed by atoms with E-state index in [2.05, 4.69) is 324 Å². The molecule has 0 saturated heterocycles. The van der Waals surface area contributed by atoms with E-state index in [-0.39, 0.29) is 39.2 Å². The zero-order valence-electron chi connectivity index (χ0n) is 56.1. The third-order valence-corrected chi connectivity index (χ3v) is 18.2. The molecule has 11 rings (SSSR count). The Morgan fingerprint density at radius 1 is 0.391 bits per heavy atom. The number of benzene rings is 8. The van der Waals surface area contributed by atoms with Crippen LogP contribution in [0.15, 0.2) is 170 Å². The number of pyridine rings is 1. The van der Waals surface area contributed by atoms with Crippen molar-refractivity contribution in [2.75, 3.05) is 21.4 Å². The van der Waals surface area contributed by atoms with Gasteiger partial charge in [-0.05, 0) is 169 Å². The molecule has 2 aliphatic rings. The van der Waals surface area contributed by atoms with Crippen LogP contribution in [0.1, 0.15) is 175 Å². The van der Waals surface area contributed by atoms with Crippen LogP contribution in [-0.2, 0) is 32.5 Å². The number of fused-ring (bicyclic) bond motifs is 3. The van der Waals surface area contributed by atoms with Crippen molar-refractivity contribution in [3.05, 3.63) is 220 Å². The van der Waals surface area contributed by atoms with E-state index in [4.69, 9.17) is 9.72 Å². The molecular formula is C81H93BN4O. The molecule has 2 aliphatic heterocycles. The maximum absolute atomic E-state index is 7.18. The number of anilines is 7. The van der Waals surface area contributed by atoms with Gasteiger partial charge in [0.1, 0.15) is 24.0 Å². The van der Waals surface area contributed by atoms with E-state index in [1.165, 1.54) is 94.4 Å². The van der Waals surface area contributed by atoms with E-state index in [1.54, 1.807) is 0 Å². The summed E-state index contributed by atoms with van der Waals surface area (Å²) in [6.45, 7) is 49.5. The van der Waals surface area contributed by atoms with Crippen LogP contribution >= 0.6 is 0 Å². The fraction of sp³-hybridized carbons (Fsp3) is 0.346. The van der Waals surface area contributed by atoms with Crippen LogP contribution in [0.2, 0.25) is 0 Å². The van der Waals surface area contributed by atoms with E-state index in [0.717, 1.165) is 45.8 Å². The SMILES string of the molecule is Cc1cc(C)c(B2c3ccccc3N(c3cc(C(C)(C)C)ccn3)c3cc(Oc4cccc(N5CN(c6c(-c7cc(C(C)(C)C)ccc7C(C)(C)C)cc(C(C)(C)C)cc6-c6cc(C(C)(C)C)ccc6C(C)(C)C)c6ccccc65)c4)ccc32)c(C)c1. The molecule has 0 spiro atoms. The summed E-state index contributed by atoms with van der Waals surface area (Å²) in [6, 6.07) is 62.1. The van der Waals surface area contributed by atoms with Crippen LogP contribution in [0.5, 0.6) is 11.5 Å². The summed E-state index contributed by atoms with van der Waals surface area (Å²) in [5.41, 5.74) is 26.7. The van der Waals surface area contributed by atoms with E-state index in [1.807, 2.05) is 6.20 Å². The standard InChI is InChI=1S/C81H93BN4O/c1-51-41-52(2)74(53(3)42-51)82-67-29-22-23-30-69(67)86(73-47-56(39-40-83-73)78(10,11)12)72-49-60(35-38-68(72)82)87-59-28-26-27-58(48-59)84-50-85(71-32-25-24-31-70(71)84)75-63(61-43-54(76(4,5)6)33-36-65(61)80(16,17)18)45-57(79(13,14)15)46-64(75)62-44-55(77(7,8)9)34-37-66(62)81(19,20)21/h22-49H,50H2,1-21H3. The summed E-state index contributed by atoms with van der Waals surface area (Å²) in [4.78, 5) is 12.6. The van der Waals surface area contributed by atoms with Crippen LogP contribution < -0.4 is 35.8 Å². The van der Waals surface area contributed by atoms with Crippen molar-refractivity contribution >= 4 is 63.0 Å². The number of para-hydroxylation sites is 3. The minimum absolute atomic E-state index is 0.00469. The Kier molecular flexibility index (Phi) is 15.2. The number of rotatable bonds is 8. The lowest BCUT2D eigenvalue weighted by Crippen LogP contribution is -2.58. The zero-order chi connectivity index (χ0) is 62.7. The highest BCUT2D eigenvalue weighted by Gasteiger charge is 2.39. The molecule has 0 aliphatic carbocycles. The summed E-state index contributed by atoms with van der Waals surface area (Å²) >= 11 is 0. The Balaban J connectivity index is 1.08. The lowest BCUT2D eigenvalue weighted by atomic mass is 9.34. The Bertz CT molecular complexity index is 4000. The van der Waals surface area contributed by atoms with Gasteiger partial charge in [-0.2, -0.15) is 0 Å². The van der Waals surface area contributed by atoms with Crippen LogP contribution in [0.25, 0.3) is 22.3 Å². The van der Waals surface area contributed by atoms with E-state index < -0.39 is 0 Å². The second-order valence-electron chi connectivity index (χ2n) is 31.3. The molecule has 87 heavy (non-hydrogen) atoms. The molecule has 9 aromatic rings. The third kappa shape index (κ3) is 11.7. The number of hydrogen-bond donors (Lipinski definition) is 0. The molecule has 6 heteroatoms. The van der Waals surface area contributed by atoms with Gasteiger partial charge in [0.2, 0.25) is 6.71 Å². The number of aromatic nitrogens is 1. The molecule has 0 amide bonds. The maximum atomic E-state index is 7.18. The van der Waals surface area contributed by atoms with Crippen molar-refractivity contribution in [3.63, 3.8) is 0 Å². The smallest absolute Gasteiger partial charge is 0.247 e. The van der Waals surface area contributed by atoms with Crippen LogP contribution in [0.4, 0.5) is 39.9 Å². The Hall–Kier alpha value is -7.83. The van der Waals surface area contributed by atoms with Gasteiger partial charge in [0.05, 0.1) is 17.1 Å². The van der Waals surface area contributed by atoms with Gasteiger partial charge in [0.15, 0.2) is 0 Å². The van der Waals surface area contributed by atoms with Crippen LogP contribution in [0, 0.1) is 20.8 Å². The van der Waals surface area contributed by atoms with Crippen LogP contribution in [-0.4, -0.2) is 18.4 Å². The second-order valence-corrected chi connectivity index (χ2v) is 31.3. The Morgan fingerprint density at radius 2 is 0.874 bits per heavy atom. The van der Waals surface area contributed by atoms with Crippen molar-refractivity contribution in [1.29, 1.82) is 0 Å². The number of hydrogen-bond acceptors (Lipinski definition) is 5. The van der Waals surface area contributed by atoms with Gasteiger partial charge < -0.3 is 14.5 Å². The Morgan fingerprint density at radius 3 is 1.41 bits per heavy atom. The van der Waals surface area contributed by atoms with Gasteiger partial charge in [0, 0.05) is 46.5 Å². The van der Waals surface area contributed by atoms with Crippen molar-refractivity contribution in [2.24, 2.45) is 0 Å². The molecule has 0 saturated carbocycles. The largest absolute Gasteiger partial charge is 0.457 e. The zero-order valence-corrected chi connectivity index (χ0v) is 56.1. The monoisotopic (exact) mass is 1150 g/mol. The van der Waals surface area contributed by atoms with Gasteiger partial charge in [-0.25, -0.2) is 4.98 Å². The number of ether oxygens (including phenoxy) is 1. The molecule has 0 N–H and O–H groups in total. The first-order valence-corrected chi connectivity index (χ1v) is 31.7. The molecule has 0 fully saturated rings. The first-order chi connectivity index (χ1) is 40.7. The van der Waals surface area contributed by atoms with Crippen LogP contribution in [0.3, 0.4) is 0 Å². The molecule has 0 unspecified atom stereocenters. The van der Waals surface area contributed by atoms with Gasteiger partial charge in [-0.1, -0.05) is 238 Å². The quantitative estimate of drug-likeness (QED) is 0.142. The highest BCUT2D eigenvalue weighted by atomic mass is 16.5. The summed E-state index contributed by atoms with van der Waals surface area (Å²) in [5, 5.41) is 0. The van der Waals surface area contributed by atoms with E-state index >= 15 is 0 Å². The fourth-order valence-corrected chi connectivity index (χ4v) is 13.5. The first-order valence-electron chi connectivity index (χ1n) is 31.7. The lowest BCUT2D eigenvalue weighted by molar-refractivity contribution is 0.483. The van der Waals surface area contributed by atoms with E-state index in [9.17, 15) is 0 Å². The summed E-state index contributed by atoms with van der Waals surface area (Å²) < 4.78 is 7.18. The highest BCUT2D eigenvalue weighted by molar-refractivity contribution is 6.98. The molecule has 1 aromatic heterocycles. The predicted octanol–water partition coefficient (Wildman–Crippen LogP) is 20.5. The van der Waals surface area contributed by atoms with E-state index in [0.29, 0.717) is 6.67 Å². The van der Waals surface area contributed by atoms with Gasteiger partial charge >= 0.3 is 0 Å². The molecule has 8 aromatic carbocycles. The lowest BCUT2D eigenvalue weighted by Gasteiger charge is -2.37. The Labute approximate surface area is 523 Å². The number of nitrogens with zero attached hydrogens (tertiary/aromatic N) is 4. The summed E-state index contributed by atoms with van der Waals surface area (Å²) in [5.74, 6) is 2.41.